The van der Waals surface area contributed by atoms with Crippen molar-refractivity contribution in [3.8, 4) is 5.75 Å². The summed E-state index contributed by atoms with van der Waals surface area (Å²) in [7, 11) is -1.90. The van der Waals surface area contributed by atoms with Crippen molar-refractivity contribution < 1.29 is 9.22 Å². The number of hydrogen-bond acceptors (Lipinski definition) is 3. The van der Waals surface area contributed by atoms with Gasteiger partial charge in [0, 0.05) is 29.4 Å². The highest BCUT2D eigenvalue weighted by Crippen LogP contribution is 2.42. The largest absolute Gasteiger partial charge is 0.543 e. The summed E-state index contributed by atoms with van der Waals surface area (Å²) in [5.41, 5.74) is 2.72. The molecule has 0 aliphatic carbocycles. The van der Waals surface area contributed by atoms with Crippen LogP contribution in [0.2, 0.25) is 18.1 Å². The van der Waals surface area contributed by atoms with Gasteiger partial charge >= 0.3 is 0 Å². The third-order valence-corrected chi connectivity index (χ3v) is 10.2. The number of benzene rings is 1. The van der Waals surface area contributed by atoms with Crippen LogP contribution in [0.5, 0.6) is 5.75 Å². The summed E-state index contributed by atoms with van der Waals surface area (Å²) in [5.74, 6) is 0.916. The van der Waals surface area contributed by atoms with Crippen LogP contribution in [0.4, 0.5) is 5.69 Å². The first-order chi connectivity index (χ1) is 11.9. The van der Waals surface area contributed by atoms with E-state index >= 15 is 0 Å². The molecule has 1 aliphatic heterocycles. The lowest BCUT2D eigenvalue weighted by Gasteiger charge is -2.43. The molecular formula is C22H35NO2Si. The van der Waals surface area contributed by atoms with Crippen LogP contribution in [0.3, 0.4) is 0 Å². The SMILES string of the molecule is CCCCN1c2cc(O[Si](C)(C)C(C)(C)C)ccc2C(C=O)=CC1(C)C. The summed E-state index contributed by atoms with van der Waals surface area (Å²) < 4.78 is 6.53. The summed E-state index contributed by atoms with van der Waals surface area (Å²) in [6, 6.07) is 6.21. The van der Waals surface area contributed by atoms with Gasteiger partial charge < -0.3 is 9.33 Å². The Kier molecular flexibility index (Phi) is 5.76. The summed E-state index contributed by atoms with van der Waals surface area (Å²) in [4.78, 5) is 14.1. The van der Waals surface area contributed by atoms with E-state index in [1.165, 1.54) is 0 Å². The van der Waals surface area contributed by atoms with E-state index < -0.39 is 8.32 Å². The molecule has 26 heavy (non-hydrogen) atoms. The maximum absolute atomic E-state index is 11.7. The van der Waals surface area contributed by atoms with Crippen LogP contribution in [0.1, 0.15) is 59.9 Å². The van der Waals surface area contributed by atoms with Crippen LogP contribution in [0.15, 0.2) is 24.3 Å². The lowest BCUT2D eigenvalue weighted by Crippen LogP contribution is -2.46. The molecule has 1 heterocycles. The van der Waals surface area contributed by atoms with Crippen molar-refractivity contribution in [2.24, 2.45) is 0 Å². The Balaban J connectivity index is 2.49. The van der Waals surface area contributed by atoms with E-state index in [1.54, 1.807) is 0 Å². The Bertz CT molecular complexity index is 699. The molecule has 0 spiro atoms. The molecule has 0 fully saturated rings. The lowest BCUT2D eigenvalue weighted by atomic mass is 9.88. The summed E-state index contributed by atoms with van der Waals surface area (Å²) in [5, 5.41) is 0.151. The molecule has 0 atom stereocenters. The van der Waals surface area contributed by atoms with E-state index in [2.05, 4.69) is 71.7 Å². The number of unbranched alkanes of at least 4 members (excludes halogenated alkanes) is 1. The lowest BCUT2D eigenvalue weighted by molar-refractivity contribution is -0.103. The Labute approximate surface area is 160 Å². The van der Waals surface area contributed by atoms with Gasteiger partial charge in [0.25, 0.3) is 0 Å². The molecule has 0 saturated heterocycles. The Hall–Kier alpha value is -1.55. The van der Waals surface area contributed by atoms with Gasteiger partial charge in [-0.05, 0) is 56.6 Å². The van der Waals surface area contributed by atoms with Gasteiger partial charge in [0.1, 0.15) is 12.0 Å². The molecule has 1 aromatic rings. The number of allylic oxidation sites excluding steroid dienone is 1. The minimum absolute atomic E-state index is 0.151. The number of carbonyl (C=O) groups excluding carboxylic acids is 1. The fraction of sp³-hybridized carbons (Fsp3) is 0.591. The Morgan fingerprint density at radius 1 is 1.23 bits per heavy atom. The maximum Gasteiger partial charge on any atom is 0.250 e. The van der Waals surface area contributed by atoms with E-state index in [0.29, 0.717) is 0 Å². The number of hydrogen-bond donors (Lipinski definition) is 0. The van der Waals surface area contributed by atoms with Crippen LogP contribution in [-0.4, -0.2) is 26.7 Å². The van der Waals surface area contributed by atoms with Crippen LogP contribution >= 0.6 is 0 Å². The van der Waals surface area contributed by atoms with Crippen molar-refractivity contribution in [3.05, 3.63) is 29.8 Å². The molecule has 0 unspecified atom stereocenters. The van der Waals surface area contributed by atoms with E-state index in [1.807, 2.05) is 12.1 Å². The molecule has 1 aliphatic rings. The van der Waals surface area contributed by atoms with Gasteiger partial charge in [-0.3, -0.25) is 4.79 Å². The average Bonchev–Trinajstić information content (AvgIpc) is 2.51. The molecule has 0 bridgehead atoms. The monoisotopic (exact) mass is 373 g/mol. The normalized spacial score (nSPS) is 16.8. The standard InChI is InChI=1S/C22H35NO2Si/c1-9-10-13-23-20-14-18(25-26(7,8)21(2,3)4)11-12-19(20)17(16-24)15-22(23,5)6/h11-12,14-16H,9-10,13H2,1-8H3. The van der Waals surface area contributed by atoms with Gasteiger partial charge in [-0.25, -0.2) is 0 Å². The number of nitrogens with zero attached hydrogens (tertiary/aromatic N) is 1. The average molecular weight is 374 g/mol. The minimum Gasteiger partial charge on any atom is -0.543 e. The topological polar surface area (TPSA) is 29.5 Å². The molecule has 2 rings (SSSR count). The van der Waals surface area contributed by atoms with Crippen LogP contribution < -0.4 is 9.33 Å². The molecule has 0 amide bonds. The first kappa shape index (κ1) is 20.8. The van der Waals surface area contributed by atoms with E-state index in [-0.39, 0.29) is 10.6 Å². The van der Waals surface area contributed by atoms with Crippen LogP contribution in [0.25, 0.3) is 5.57 Å². The number of anilines is 1. The van der Waals surface area contributed by atoms with Crippen molar-refractivity contribution in [2.75, 3.05) is 11.4 Å². The Morgan fingerprint density at radius 3 is 2.42 bits per heavy atom. The molecular weight excluding hydrogens is 338 g/mol. The number of fused-ring (bicyclic) bond motifs is 1. The zero-order valence-corrected chi connectivity index (χ0v) is 18.8. The van der Waals surface area contributed by atoms with Crippen molar-refractivity contribution in [1.82, 2.24) is 0 Å². The molecule has 144 valence electrons. The van der Waals surface area contributed by atoms with Gasteiger partial charge in [0.05, 0.1) is 5.54 Å². The summed E-state index contributed by atoms with van der Waals surface area (Å²) in [6.45, 7) is 18.8. The quantitative estimate of drug-likeness (QED) is 0.449. The second-order valence-electron chi connectivity index (χ2n) is 9.42. The van der Waals surface area contributed by atoms with Gasteiger partial charge in [0.2, 0.25) is 8.32 Å². The smallest absolute Gasteiger partial charge is 0.250 e. The van der Waals surface area contributed by atoms with Crippen molar-refractivity contribution in [1.29, 1.82) is 0 Å². The maximum atomic E-state index is 11.7. The third kappa shape index (κ3) is 4.06. The van der Waals surface area contributed by atoms with Gasteiger partial charge in [0.15, 0.2) is 0 Å². The number of aldehydes is 1. The molecule has 0 N–H and O–H groups in total. The van der Waals surface area contributed by atoms with Crippen LogP contribution in [-0.2, 0) is 4.79 Å². The predicted molar refractivity (Wildman–Crippen MR) is 115 cm³/mol. The molecule has 4 heteroatoms. The number of rotatable bonds is 6. The van der Waals surface area contributed by atoms with Crippen molar-refractivity contribution in [3.63, 3.8) is 0 Å². The third-order valence-electron chi connectivity index (χ3n) is 5.82. The Morgan fingerprint density at radius 2 is 1.88 bits per heavy atom. The van der Waals surface area contributed by atoms with Crippen molar-refractivity contribution >= 4 is 25.9 Å². The molecule has 1 aromatic carbocycles. The van der Waals surface area contributed by atoms with Crippen molar-refractivity contribution in [2.45, 2.75) is 78.1 Å². The summed E-state index contributed by atoms with van der Waals surface area (Å²) in [6.07, 6.45) is 5.34. The second kappa shape index (κ2) is 7.22. The zero-order chi connectivity index (χ0) is 19.8. The molecule has 3 nitrogen and oxygen atoms in total. The molecule has 0 radical (unpaired) electrons. The first-order valence-corrected chi connectivity index (χ1v) is 12.6. The molecule has 0 saturated carbocycles. The van der Waals surface area contributed by atoms with Gasteiger partial charge in [-0.15, -0.1) is 0 Å². The minimum atomic E-state index is -1.90. The number of carbonyl (C=O) groups is 1. The van der Waals surface area contributed by atoms with E-state index in [9.17, 15) is 4.79 Å². The highest BCUT2D eigenvalue weighted by molar-refractivity contribution is 6.74. The van der Waals surface area contributed by atoms with Gasteiger partial charge in [-0.1, -0.05) is 34.1 Å². The highest BCUT2D eigenvalue weighted by Gasteiger charge is 2.39. The fourth-order valence-corrected chi connectivity index (χ4v) is 4.18. The fourth-order valence-electron chi connectivity index (χ4n) is 3.16. The van der Waals surface area contributed by atoms with E-state index in [0.717, 1.165) is 48.2 Å². The van der Waals surface area contributed by atoms with E-state index in [4.69, 9.17) is 4.43 Å². The predicted octanol–water partition coefficient (Wildman–Crippen LogP) is 6.05. The zero-order valence-electron chi connectivity index (χ0n) is 17.8. The highest BCUT2D eigenvalue weighted by atomic mass is 28.4. The van der Waals surface area contributed by atoms with Gasteiger partial charge in [-0.2, -0.15) is 0 Å². The van der Waals surface area contributed by atoms with Crippen LogP contribution in [0, 0.1) is 0 Å². The molecule has 0 aromatic heterocycles. The summed E-state index contributed by atoms with van der Waals surface area (Å²) >= 11 is 0. The second-order valence-corrected chi connectivity index (χ2v) is 14.1. The first-order valence-electron chi connectivity index (χ1n) is 9.72.